The Morgan fingerprint density at radius 1 is 0.472 bits per heavy atom. The molecule has 0 saturated heterocycles. The van der Waals surface area contributed by atoms with Crippen molar-refractivity contribution in [2.75, 3.05) is 5.32 Å². The maximum absolute atomic E-state index is 4.11. The van der Waals surface area contributed by atoms with Crippen molar-refractivity contribution in [3.8, 4) is 50.2 Å². The Bertz CT molecular complexity index is 3910. The first-order valence-corrected chi connectivity index (χ1v) is 26.8. The number of anilines is 2. The van der Waals surface area contributed by atoms with Gasteiger partial charge in [0.2, 0.25) is 0 Å². The van der Waals surface area contributed by atoms with Gasteiger partial charge in [0.15, 0.2) is 7.28 Å². The van der Waals surface area contributed by atoms with Crippen LogP contribution >= 0.6 is 0 Å². The highest BCUT2D eigenvalue weighted by Crippen LogP contribution is 2.58. The van der Waals surface area contributed by atoms with Gasteiger partial charge >= 0.3 is 0 Å². The molecule has 356 valence electrons. The van der Waals surface area contributed by atoms with Crippen LogP contribution in [0, 0.1) is 0 Å². The number of hydrogen-bond acceptors (Lipinski definition) is 1. The van der Waals surface area contributed by atoms with E-state index >= 15 is 0 Å². The summed E-state index contributed by atoms with van der Waals surface area (Å²) in [6.07, 6.45) is 2.40. The van der Waals surface area contributed by atoms with E-state index in [1.54, 1.807) is 0 Å². The van der Waals surface area contributed by atoms with Gasteiger partial charge in [-0.3, -0.25) is 0 Å². The Labute approximate surface area is 428 Å². The molecule has 0 saturated carbocycles. The van der Waals surface area contributed by atoms with Gasteiger partial charge in [0, 0.05) is 55.2 Å². The van der Waals surface area contributed by atoms with Crippen molar-refractivity contribution in [1.82, 2.24) is 4.57 Å². The zero-order valence-electron chi connectivity index (χ0n) is 44.8. The van der Waals surface area contributed by atoms with Crippen molar-refractivity contribution in [3.63, 3.8) is 0 Å². The van der Waals surface area contributed by atoms with Crippen LogP contribution in [0.1, 0.15) is 153 Å². The monoisotopic (exact) mass is 935 g/mol. The van der Waals surface area contributed by atoms with Crippen molar-refractivity contribution >= 4 is 51.4 Å². The molecule has 72 heavy (non-hydrogen) atoms. The average molecular weight is 935 g/mol. The lowest BCUT2D eigenvalue weighted by molar-refractivity contribution is 0.331. The molecular formula is C69H67BN2. The van der Waals surface area contributed by atoms with Gasteiger partial charge in [-0.1, -0.05) is 186 Å². The topological polar surface area (TPSA) is 17.0 Å². The van der Waals surface area contributed by atoms with E-state index in [4.69, 9.17) is 0 Å². The maximum atomic E-state index is 4.11. The molecule has 0 bridgehead atoms. The first-order valence-electron chi connectivity index (χ1n) is 26.8. The van der Waals surface area contributed by atoms with Crippen molar-refractivity contribution < 1.29 is 0 Å². The predicted octanol–water partition coefficient (Wildman–Crippen LogP) is 16.5. The maximum Gasteiger partial charge on any atom is 0.198 e. The molecule has 9 aromatic rings. The van der Waals surface area contributed by atoms with Crippen molar-refractivity contribution in [3.05, 3.63) is 184 Å². The molecule has 8 aromatic carbocycles. The normalized spacial score (nSPS) is 18.1. The summed E-state index contributed by atoms with van der Waals surface area (Å²) in [6.45, 7) is 31.4. The fraction of sp³-hybridized carbons (Fsp3) is 0.304. The van der Waals surface area contributed by atoms with E-state index in [0.29, 0.717) is 0 Å². The molecule has 0 atom stereocenters. The van der Waals surface area contributed by atoms with Gasteiger partial charge in [-0.25, -0.2) is 0 Å². The minimum atomic E-state index is -0.191. The lowest BCUT2D eigenvalue weighted by Crippen LogP contribution is -2.38. The minimum absolute atomic E-state index is 0.0664. The average Bonchev–Trinajstić information content (AvgIpc) is 3.96. The smallest absolute Gasteiger partial charge is 0.198 e. The quantitative estimate of drug-likeness (QED) is 0.175. The van der Waals surface area contributed by atoms with Gasteiger partial charge in [0.1, 0.15) is 0 Å². The first kappa shape index (κ1) is 44.2. The third-order valence-electron chi connectivity index (χ3n) is 19.2. The molecule has 1 aromatic heterocycles. The molecule has 1 aliphatic heterocycles. The highest BCUT2D eigenvalue weighted by atomic mass is 15.0. The SMILES string of the molecule is CC(C)(C)c1ccc(Nc2cc3c(cc2-c2ccc4c5c6c(ccc5n5c4c2Bc2cc4c(cc2-5)-c2ccccc2C4(C)C)C(C)(C)c2ccccc2-6)C(C)(C)c2cc4c(cc2-3)C(C)(C)CCC4(C)C)cc1. The summed E-state index contributed by atoms with van der Waals surface area (Å²) in [5.41, 5.74) is 32.7. The number of nitrogens with zero attached hydrogens (tertiary/aromatic N) is 1. The van der Waals surface area contributed by atoms with E-state index < -0.39 is 0 Å². The molecular weight excluding hydrogens is 868 g/mol. The molecule has 0 radical (unpaired) electrons. The number of fused-ring (bicyclic) bond motifs is 16. The Balaban J connectivity index is 1.06. The third kappa shape index (κ3) is 5.69. The highest BCUT2D eigenvalue weighted by molar-refractivity contribution is 6.73. The fourth-order valence-electron chi connectivity index (χ4n) is 14.8. The van der Waals surface area contributed by atoms with Crippen LogP contribution in [0.3, 0.4) is 0 Å². The largest absolute Gasteiger partial charge is 0.355 e. The van der Waals surface area contributed by atoms with E-state index in [2.05, 4.69) is 233 Å². The minimum Gasteiger partial charge on any atom is -0.355 e. The van der Waals surface area contributed by atoms with E-state index in [1.165, 1.54) is 146 Å². The van der Waals surface area contributed by atoms with Gasteiger partial charge in [-0.15, -0.1) is 0 Å². The molecule has 2 nitrogen and oxygen atoms in total. The second-order valence-electron chi connectivity index (χ2n) is 26.5. The van der Waals surface area contributed by atoms with Crippen LogP contribution in [0.2, 0.25) is 0 Å². The Kier molecular flexibility index (Phi) is 8.54. The van der Waals surface area contributed by atoms with E-state index in [-0.39, 0.29) is 32.5 Å². The number of hydrogen-bond donors (Lipinski definition) is 1. The summed E-state index contributed by atoms with van der Waals surface area (Å²) in [5, 5.41) is 6.83. The van der Waals surface area contributed by atoms with Gasteiger partial charge in [0.25, 0.3) is 0 Å². The predicted molar refractivity (Wildman–Crippen MR) is 309 cm³/mol. The summed E-state index contributed by atoms with van der Waals surface area (Å²) < 4.78 is 2.68. The number of aromatic nitrogens is 1. The number of rotatable bonds is 3. The highest BCUT2D eigenvalue weighted by Gasteiger charge is 2.45. The molecule has 5 aliphatic rings. The summed E-state index contributed by atoms with van der Waals surface area (Å²) in [4.78, 5) is 0. The van der Waals surface area contributed by atoms with E-state index in [1.807, 2.05) is 0 Å². The Morgan fingerprint density at radius 3 is 1.75 bits per heavy atom. The van der Waals surface area contributed by atoms with Gasteiger partial charge in [0.05, 0.1) is 5.52 Å². The summed E-state index contributed by atoms with van der Waals surface area (Å²) in [6, 6.07) is 52.9. The van der Waals surface area contributed by atoms with Crippen LogP contribution in [0.25, 0.3) is 72.0 Å². The second-order valence-corrected chi connectivity index (χ2v) is 26.5. The summed E-state index contributed by atoms with van der Waals surface area (Å²) in [5.74, 6) is 0. The van der Waals surface area contributed by atoms with Crippen LogP contribution < -0.4 is 16.2 Å². The van der Waals surface area contributed by atoms with Crippen molar-refractivity contribution in [2.24, 2.45) is 0 Å². The van der Waals surface area contributed by atoms with Crippen molar-refractivity contribution in [1.29, 1.82) is 0 Å². The van der Waals surface area contributed by atoms with Crippen LogP contribution in [0.15, 0.2) is 133 Å². The van der Waals surface area contributed by atoms with Crippen LogP contribution in [-0.4, -0.2) is 11.8 Å². The summed E-state index contributed by atoms with van der Waals surface area (Å²) in [7, 11) is 0.847. The number of benzene rings is 8. The molecule has 0 unspecified atom stereocenters. The Hall–Kier alpha value is -6.58. The zero-order valence-corrected chi connectivity index (χ0v) is 44.8. The molecule has 2 heterocycles. The molecule has 14 rings (SSSR count). The van der Waals surface area contributed by atoms with Crippen molar-refractivity contribution in [2.45, 2.75) is 135 Å². The number of nitrogens with one attached hydrogen (secondary N) is 1. The lowest BCUT2D eigenvalue weighted by atomic mass is 9.58. The molecule has 0 spiro atoms. The molecule has 1 N–H and O–H groups in total. The molecule has 3 heteroatoms. The summed E-state index contributed by atoms with van der Waals surface area (Å²) >= 11 is 0. The fourth-order valence-corrected chi connectivity index (χ4v) is 14.8. The zero-order chi connectivity index (χ0) is 50.0. The van der Waals surface area contributed by atoms with Crippen LogP contribution in [0.5, 0.6) is 0 Å². The van der Waals surface area contributed by atoms with Crippen LogP contribution in [0.4, 0.5) is 11.4 Å². The first-order chi connectivity index (χ1) is 34.1. The Morgan fingerprint density at radius 2 is 1.04 bits per heavy atom. The molecule has 0 amide bonds. The second kappa shape index (κ2) is 13.9. The van der Waals surface area contributed by atoms with E-state index in [9.17, 15) is 0 Å². The third-order valence-corrected chi connectivity index (χ3v) is 19.2. The van der Waals surface area contributed by atoms with Gasteiger partial charge < -0.3 is 9.88 Å². The van der Waals surface area contributed by atoms with Gasteiger partial charge in [-0.2, -0.15) is 0 Å². The van der Waals surface area contributed by atoms with Gasteiger partial charge in [-0.05, 0) is 166 Å². The molecule has 0 fully saturated rings. The molecule has 4 aliphatic carbocycles. The lowest BCUT2D eigenvalue weighted by Gasteiger charge is -2.42. The van der Waals surface area contributed by atoms with E-state index in [0.717, 1.165) is 18.7 Å². The standard InChI is InChI=1S/C69H67BN2/c1-64(2,3)38-22-24-39(25-23-38)71-57-34-45-44-32-54-55(66(6,7)31-30-65(54,4)5)36-52(44)69(12,13)51(45)33-47(57)41-26-27-43-61-58(29-28-50-60(61)42-19-15-17-21-49(42)67(50,8)9)72-59-35-46-40-18-14-16-20-48(40)68(10,11)53(46)37-56(59)70-62(41)63(43)72/h14-29,32-37,70-71H,30-31H2,1-13H3. The van der Waals surface area contributed by atoms with Crippen LogP contribution in [-0.2, 0) is 32.5 Å².